The van der Waals surface area contributed by atoms with E-state index in [1.807, 2.05) is 0 Å². The highest BCUT2D eigenvalue weighted by atomic mass is 16.5. The Morgan fingerprint density at radius 3 is 2.90 bits per heavy atom. The van der Waals surface area contributed by atoms with E-state index in [0.717, 1.165) is 0 Å². The first-order chi connectivity index (χ1) is 10.0. The highest BCUT2D eigenvalue weighted by Gasteiger charge is 2.35. The van der Waals surface area contributed by atoms with E-state index in [9.17, 15) is 14.4 Å². The average Bonchev–Trinajstić information content (AvgIpc) is 2.48. The third-order valence-electron chi connectivity index (χ3n) is 3.28. The number of nitrogens with one attached hydrogen (secondary N) is 1. The number of methoxy groups -OCH3 is 1. The van der Waals surface area contributed by atoms with Gasteiger partial charge >= 0.3 is 5.97 Å². The molecule has 1 aliphatic rings. The molecule has 7 nitrogen and oxygen atoms in total. The molecular weight excluding hydrogens is 276 g/mol. The first-order valence-electron chi connectivity index (χ1n) is 6.47. The second kappa shape index (κ2) is 6.25. The molecule has 2 rings (SSSR count). The lowest BCUT2D eigenvalue weighted by Crippen LogP contribution is -2.57. The quantitative estimate of drug-likeness (QED) is 0.821. The Balaban J connectivity index is 2.25. The minimum absolute atomic E-state index is 0.278. The van der Waals surface area contributed by atoms with Crippen LogP contribution < -0.4 is 10.1 Å². The van der Waals surface area contributed by atoms with Crippen LogP contribution in [0.5, 0.6) is 5.75 Å². The molecule has 1 saturated heterocycles. The molecule has 0 radical (unpaired) electrons. The van der Waals surface area contributed by atoms with E-state index in [1.54, 1.807) is 24.3 Å². The molecule has 2 amide bonds. The van der Waals surface area contributed by atoms with Crippen LogP contribution in [0.4, 0.5) is 0 Å². The van der Waals surface area contributed by atoms with Gasteiger partial charge in [0.2, 0.25) is 5.91 Å². The van der Waals surface area contributed by atoms with Gasteiger partial charge < -0.3 is 20.1 Å². The molecule has 0 aromatic heterocycles. The van der Waals surface area contributed by atoms with Gasteiger partial charge in [0.1, 0.15) is 11.8 Å². The number of ether oxygens (including phenoxy) is 1. The number of hydrogen-bond acceptors (Lipinski definition) is 4. The average molecular weight is 292 g/mol. The van der Waals surface area contributed by atoms with Crippen LogP contribution in [-0.4, -0.2) is 54.0 Å². The maximum atomic E-state index is 12.5. The predicted octanol–water partition coefficient (Wildman–Crippen LogP) is 0.110. The second-order valence-corrected chi connectivity index (χ2v) is 4.64. The number of rotatable bonds is 4. The van der Waals surface area contributed by atoms with E-state index in [2.05, 4.69) is 5.32 Å². The fourth-order valence-corrected chi connectivity index (χ4v) is 2.25. The summed E-state index contributed by atoms with van der Waals surface area (Å²) in [6.07, 6.45) is -0.415. The van der Waals surface area contributed by atoms with Crippen LogP contribution in [0.1, 0.15) is 16.8 Å². The van der Waals surface area contributed by atoms with Crippen molar-refractivity contribution in [2.45, 2.75) is 12.5 Å². The van der Waals surface area contributed by atoms with Crippen molar-refractivity contribution in [3.63, 3.8) is 0 Å². The molecule has 1 aromatic carbocycles. The number of benzene rings is 1. The molecule has 1 heterocycles. The van der Waals surface area contributed by atoms with Crippen molar-refractivity contribution in [2.24, 2.45) is 0 Å². The molecule has 112 valence electrons. The number of nitrogens with zero attached hydrogens (tertiary/aromatic N) is 1. The van der Waals surface area contributed by atoms with Gasteiger partial charge in [0, 0.05) is 18.7 Å². The van der Waals surface area contributed by atoms with Crippen molar-refractivity contribution in [1.29, 1.82) is 0 Å². The Bertz CT molecular complexity index is 572. The third-order valence-corrected chi connectivity index (χ3v) is 3.28. The van der Waals surface area contributed by atoms with Crippen LogP contribution in [0.3, 0.4) is 0 Å². The number of piperazine rings is 1. The lowest BCUT2D eigenvalue weighted by molar-refractivity contribution is -0.142. The van der Waals surface area contributed by atoms with Crippen LogP contribution in [0.25, 0.3) is 0 Å². The van der Waals surface area contributed by atoms with E-state index in [4.69, 9.17) is 9.84 Å². The lowest BCUT2D eigenvalue weighted by atomic mass is 10.1. The summed E-state index contributed by atoms with van der Waals surface area (Å²) in [6, 6.07) is 5.55. The largest absolute Gasteiger partial charge is 0.497 e. The Hall–Kier alpha value is -2.57. The minimum Gasteiger partial charge on any atom is -0.497 e. The minimum atomic E-state index is -1.12. The lowest BCUT2D eigenvalue weighted by Gasteiger charge is -2.34. The van der Waals surface area contributed by atoms with Crippen LogP contribution in [0.2, 0.25) is 0 Å². The Labute approximate surface area is 121 Å². The molecule has 0 saturated carbocycles. The zero-order valence-corrected chi connectivity index (χ0v) is 11.5. The number of carboxylic acid groups (broad SMARTS) is 1. The molecule has 0 bridgehead atoms. The fraction of sp³-hybridized carbons (Fsp3) is 0.357. The van der Waals surface area contributed by atoms with Gasteiger partial charge in [-0.05, 0) is 18.2 Å². The van der Waals surface area contributed by atoms with E-state index in [1.165, 1.54) is 12.0 Å². The van der Waals surface area contributed by atoms with Gasteiger partial charge in [0.25, 0.3) is 5.91 Å². The number of carbonyl (C=O) groups excluding carboxylic acids is 2. The topological polar surface area (TPSA) is 95.9 Å². The monoisotopic (exact) mass is 292 g/mol. The van der Waals surface area contributed by atoms with Gasteiger partial charge in [-0.25, -0.2) is 0 Å². The molecule has 0 aliphatic carbocycles. The summed E-state index contributed by atoms with van der Waals surface area (Å²) >= 11 is 0. The molecule has 21 heavy (non-hydrogen) atoms. The van der Waals surface area contributed by atoms with Crippen LogP contribution in [-0.2, 0) is 9.59 Å². The molecule has 0 spiro atoms. The van der Waals surface area contributed by atoms with E-state index in [-0.39, 0.29) is 12.5 Å². The fourth-order valence-electron chi connectivity index (χ4n) is 2.25. The number of hydrogen-bond donors (Lipinski definition) is 2. The molecule has 1 aromatic rings. The van der Waals surface area contributed by atoms with E-state index in [0.29, 0.717) is 17.9 Å². The number of carboxylic acids is 1. The van der Waals surface area contributed by atoms with Crippen molar-refractivity contribution in [1.82, 2.24) is 10.2 Å². The predicted molar refractivity (Wildman–Crippen MR) is 73.1 cm³/mol. The standard InChI is InChI=1S/C14H16N2O5/c1-21-10-4-2-3-9(7-10)14(20)16-6-5-15-13(19)11(16)8-12(17)18/h2-4,7,11H,5-6,8H2,1H3,(H,15,19)(H,17,18). The molecule has 7 heteroatoms. The normalized spacial score (nSPS) is 18.0. The van der Waals surface area contributed by atoms with Crippen molar-refractivity contribution in [2.75, 3.05) is 20.2 Å². The Morgan fingerprint density at radius 2 is 2.24 bits per heavy atom. The smallest absolute Gasteiger partial charge is 0.305 e. The molecule has 1 unspecified atom stereocenters. The van der Waals surface area contributed by atoms with Crippen molar-refractivity contribution >= 4 is 17.8 Å². The Kier molecular flexibility index (Phi) is 4.42. The molecule has 1 fully saturated rings. The summed E-state index contributed by atoms with van der Waals surface area (Å²) in [7, 11) is 1.49. The summed E-state index contributed by atoms with van der Waals surface area (Å²) < 4.78 is 5.06. The molecule has 1 aliphatic heterocycles. The van der Waals surface area contributed by atoms with E-state index < -0.39 is 24.3 Å². The molecular formula is C14H16N2O5. The summed E-state index contributed by atoms with van der Waals surface area (Å²) in [4.78, 5) is 36.5. The van der Waals surface area contributed by atoms with Gasteiger partial charge in [-0.2, -0.15) is 0 Å². The van der Waals surface area contributed by atoms with Gasteiger partial charge in [-0.1, -0.05) is 6.07 Å². The highest BCUT2D eigenvalue weighted by molar-refractivity contribution is 5.99. The molecule has 1 atom stereocenters. The summed E-state index contributed by atoms with van der Waals surface area (Å²) in [6.45, 7) is 0.588. The number of carbonyl (C=O) groups is 3. The summed E-state index contributed by atoms with van der Waals surface area (Å²) in [5, 5.41) is 11.5. The number of amides is 2. The SMILES string of the molecule is COc1cccc(C(=O)N2CCNC(=O)C2CC(=O)O)c1. The maximum Gasteiger partial charge on any atom is 0.305 e. The van der Waals surface area contributed by atoms with Crippen LogP contribution in [0, 0.1) is 0 Å². The zero-order chi connectivity index (χ0) is 15.4. The van der Waals surface area contributed by atoms with Gasteiger partial charge in [0.05, 0.1) is 13.5 Å². The summed E-state index contributed by atoms with van der Waals surface area (Å²) in [5.74, 6) is -1.42. The number of aliphatic carboxylic acids is 1. The van der Waals surface area contributed by atoms with Crippen molar-refractivity contribution < 1.29 is 24.2 Å². The van der Waals surface area contributed by atoms with Crippen LogP contribution >= 0.6 is 0 Å². The second-order valence-electron chi connectivity index (χ2n) is 4.64. The van der Waals surface area contributed by atoms with Gasteiger partial charge in [0.15, 0.2) is 0 Å². The van der Waals surface area contributed by atoms with Crippen LogP contribution in [0.15, 0.2) is 24.3 Å². The summed E-state index contributed by atoms with van der Waals surface area (Å²) in [5.41, 5.74) is 0.361. The van der Waals surface area contributed by atoms with Crippen molar-refractivity contribution in [3.05, 3.63) is 29.8 Å². The van der Waals surface area contributed by atoms with E-state index >= 15 is 0 Å². The maximum absolute atomic E-state index is 12.5. The highest BCUT2D eigenvalue weighted by Crippen LogP contribution is 2.18. The molecule has 2 N–H and O–H groups in total. The Morgan fingerprint density at radius 1 is 1.48 bits per heavy atom. The first kappa shape index (κ1) is 14.8. The zero-order valence-electron chi connectivity index (χ0n) is 11.5. The van der Waals surface area contributed by atoms with Crippen molar-refractivity contribution in [3.8, 4) is 5.75 Å². The first-order valence-corrected chi connectivity index (χ1v) is 6.47. The van der Waals surface area contributed by atoms with Gasteiger partial charge in [-0.3, -0.25) is 14.4 Å². The van der Waals surface area contributed by atoms with Gasteiger partial charge in [-0.15, -0.1) is 0 Å². The third kappa shape index (κ3) is 3.31.